The van der Waals surface area contributed by atoms with Gasteiger partial charge in [-0.2, -0.15) is 0 Å². The second-order valence-corrected chi connectivity index (χ2v) is 6.53. The number of nitrogens with zero attached hydrogens (tertiary/aromatic N) is 2. The number of hydrogen-bond donors (Lipinski definition) is 2. The number of carbonyl (C=O) groups excluding carboxylic acids is 1. The van der Waals surface area contributed by atoms with Gasteiger partial charge in [0.15, 0.2) is 23.4 Å². The lowest BCUT2D eigenvalue weighted by atomic mass is 10.2. The van der Waals surface area contributed by atoms with Crippen LogP contribution in [-0.4, -0.2) is 43.3 Å². The van der Waals surface area contributed by atoms with E-state index in [0.29, 0.717) is 16.6 Å². The molecule has 0 saturated carbocycles. The van der Waals surface area contributed by atoms with Crippen molar-refractivity contribution in [2.45, 2.75) is 13.0 Å². The Bertz CT molecular complexity index is 719. The maximum absolute atomic E-state index is 12.0. The zero-order valence-corrected chi connectivity index (χ0v) is 14.5. The topological polar surface area (TPSA) is 75.7 Å². The Morgan fingerprint density at radius 1 is 1.38 bits per heavy atom. The van der Waals surface area contributed by atoms with Crippen LogP contribution in [0.15, 0.2) is 24.3 Å². The van der Waals surface area contributed by atoms with E-state index >= 15 is 0 Å². The van der Waals surface area contributed by atoms with E-state index in [2.05, 4.69) is 27.6 Å². The van der Waals surface area contributed by atoms with E-state index in [4.69, 9.17) is 9.47 Å². The minimum atomic E-state index is -0.343. The second kappa shape index (κ2) is 7.50. The number of benzene rings is 1. The largest absolute Gasteiger partial charge is 0.493 e. The third-order valence-corrected chi connectivity index (χ3v) is 4.67. The molecule has 0 bridgehead atoms. The molecule has 0 spiro atoms. The fourth-order valence-corrected chi connectivity index (χ4v) is 3.52. The second-order valence-electron chi connectivity index (χ2n) is 5.45. The molecule has 0 fully saturated rings. The van der Waals surface area contributed by atoms with Crippen molar-refractivity contribution in [1.29, 1.82) is 0 Å². The number of ether oxygens (including phenoxy) is 2. The lowest BCUT2D eigenvalue weighted by molar-refractivity contribution is 0.231. The van der Waals surface area contributed by atoms with Crippen molar-refractivity contribution in [3.05, 3.63) is 34.8 Å². The molecule has 0 saturated heterocycles. The highest BCUT2D eigenvalue weighted by Gasteiger charge is 2.19. The van der Waals surface area contributed by atoms with Crippen LogP contribution in [0.2, 0.25) is 0 Å². The Kier molecular flexibility index (Phi) is 5.17. The van der Waals surface area contributed by atoms with E-state index in [1.165, 1.54) is 16.2 Å². The van der Waals surface area contributed by atoms with E-state index in [9.17, 15) is 4.79 Å². The summed E-state index contributed by atoms with van der Waals surface area (Å²) in [5.74, 6) is 1.20. The molecule has 7 nitrogen and oxygen atoms in total. The number of likely N-dealkylation sites (N-methyl/N-ethyl adjacent to an activating group) is 1. The zero-order chi connectivity index (χ0) is 16.9. The lowest BCUT2D eigenvalue weighted by Crippen LogP contribution is -2.32. The minimum absolute atomic E-state index is 0.0417. The van der Waals surface area contributed by atoms with E-state index in [0.717, 1.165) is 25.2 Å². The first-order chi connectivity index (χ1) is 11.7. The van der Waals surface area contributed by atoms with Crippen LogP contribution in [-0.2, 0) is 13.0 Å². The molecule has 2 aromatic rings. The standard InChI is InChI=1S/C16H20N4O3S/c1-20-8-7-11-14(9-20)24-16(18-11)19-15(21)17-10-23-13-6-4-3-5-12(13)22-2/h3-6H,7-10H2,1-2H3,(H2,17,18,19,21). The highest BCUT2D eigenvalue weighted by molar-refractivity contribution is 7.15. The Morgan fingerprint density at radius 3 is 2.96 bits per heavy atom. The number of urea groups is 1. The number of methoxy groups -OCH3 is 1. The summed E-state index contributed by atoms with van der Waals surface area (Å²) in [4.78, 5) is 19.9. The van der Waals surface area contributed by atoms with Crippen LogP contribution in [0.3, 0.4) is 0 Å². The summed E-state index contributed by atoms with van der Waals surface area (Å²) >= 11 is 1.52. The predicted octanol–water partition coefficient (Wildman–Crippen LogP) is 2.30. The third kappa shape index (κ3) is 3.95. The zero-order valence-electron chi connectivity index (χ0n) is 13.7. The number of carbonyl (C=O) groups is 1. The van der Waals surface area contributed by atoms with Crippen LogP contribution in [0, 0.1) is 0 Å². The number of para-hydroxylation sites is 2. The van der Waals surface area contributed by atoms with Gasteiger partial charge in [0.1, 0.15) is 0 Å². The van der Waals surface area contributed by atoms with Gasteiger partial charge in [-0.3, -0.25) is 5.32 Å². The van der Waals surface area contributed by atoms with Gasteiger partial charge >= 0.3 is 6.03 Å². The van der Waals surface area contributed by atoms with Gasteiger partial charge in [-0.05, 0) is 19.2 Å². The smallest absolute Gasteiger partial charge is 0.323 e. The Balaban J connectivity index is 1.49. The fraction of sp³-hybridized carbons (Fsp3) is 0.375. The first-order valence-corrected chi connectivity index (χ1v) is 8.45. The molecule has 2 N–H and O–H groups in total. The van der Waals surface area contributed by atoms with Crippen molar-refractivity contribution in [2.24, 2.45) is 0 Å². The van der Waals surface area contributed by atoms with E-state index in [1.807, 2.05) is 12.1 Å². The van der Waals surface area contributed by atoms with Gasteiger partial charge in [-0.15, -0.1) is 11.3 Å². The van der Waals surface area contributed by atoms with Crippen molar-refractivity contribution < 1.29 is 14.3 Å². The molecule has 8 heteroatoms. The molecule has 1 aromatic heterocycles. The summed E-state index contributed by atoms with van der Waals surface area (Å²) in [6, 6.07) is 6.93. The molecule has 1 aromatic carbocycles. The number of hydrogen-bond acceptors (Lipinski definition) is 6. The van der Waals surface area contributed by atoms with Crippen LogP contribution >= 0.6 is 11.3 Å². The minimum Gasteiger partial charge on any atom is -0.493 e. The molecular formula is C16H20N4O3S. The van der Waals surface area contributed by atoms with Crippen molar-refractivity contribution in [3.8, 4) is 11.5 Å². The summed E-state index contributed by atoms with van der Waals surface area (Å²) in [7, 11) is 3.65. The van der Waals surface area contributed by atoms with Crippen molar-refractivity contribution in [3.63, 3.8) is 0 Å². The molecule has 1 aliphatic rings. The number of anilines is 1. The quantitative estimate of drug-likeness (QED) is 0.811. The SMILES string of the molecule is COc1ccccc1OCNC(=O)Nc1nc2c(s1)CN(C)CC2. The summed E-state index contributed by atoms with van der Waals surface area (Å²) in [5, 5.41) is 6.02. The lowest BCUT2D eigenvalue weighted by Gasteiger charge is -2.20. The molecule has 2 amide bonds. The summed E-state index contributed by atoms with van der Waals surface area (Å²) in [6.45, 7) is 1.92. The van der Waals surface area contributed by atoms with E-state index in [1.54, 1.807) is 19.2 Å². The monoisotopic (exact) mass is 348 g/mol. The van der Waals surface area contributed by atoms with Gasteiger partial charge in [0, 0.05) is 24.4 Å². The highest BCUT2D eigenvalue weighted by atomic mass is 32.1. The van der Waals surface area contributed by atoms with E-state index < -0.39 is 0 Å². The number of amides is 2. The number of rotatable bonds is 5. The number of thiazole rings is 1. The molecule has 2 heterocycles. The number of aromatic nitrogens is 1. The first kappa shape index (κ1) is 16.5. The van der Waals surface area contributed by atoms with Crippen molar-refractivity contribution >= 4 is 22.5 Å². The summed E-state index contributed by atoms with van der Waals surface area (Å²) < 4.78 is 10.7. The Morgan fingerprint density at radius 2 is 2.17 bits per heavy atom. The van der Waals surface area contributed by atoms with Gasteiger partial charge < -0.3 is 19.7 Å². The summed E-state index contributed by atoms with van der Waals surface area (Å²) in [5.41, 5.74) is 1.08. The van der Waals surface area contributed by atoms with Crippen LogP contribution in [0.5, 0.6) is 11.5 Å². The maximum atomic E-state index is 12.0. The van der Waals surface area contributed by atoms with Crippen LogP contribution in [0.25, 0.3) is 0 Å². The number of fused-ring (bicyclic) bond motifs is 1. The molecular weight excluding hydrogens is 328 g/mol. The third-order valence-electron chi connectivity index (χ3n) is 3.67. The van der Waals surface area contributed by atoms with Gasteiger partial charge in [0.25, 0.3) is 0 Å². The average Bonchev–Trinajstić information content (AvgIpc) is 2.96. The van der Waals surface area contributed by atoms with Gasteiger partial charge in [0.05, 0.1) is 12.8 Å². The van der Waals surface area contributed by atoms with E-state index in [-0.39, 0.29) is 12.8 Å². The highest BCUT2D eigenvalue weighted by Crippen LogP contribution is 2.28. The Hall–Kier alpha value is -2.32. The van der Waals surface area contributed by atoms with Crippen molar-refractivity contribution in [1.82, 2.24) is 15.2 Å². The van der Waals surface area contributed by atoms with Gasteiger partial charge in [-0.1, -0.05) is 12.1 Å². The number of nitrogens with one attached hydrogen (secondary N) is 2. The van der Waals surface area contributed by atoms with Crippen LogP contribution < -0.4 is 20.1 Å². The fourth-order valence-electron chi connectivity index (χ4n) is 2.44. The molecule has 128 valence electrons. The predicted molar refractivity (Wildman–Crippen MR) is 92.8 cm³/mol. The molecule has 0 atom stereocenters. The van der Waals surface area contributed by atoms with Crippen LogP contribution in [0.1, 0.15) is 10.6 Å². The van der Waals surface area contributed by atoms with Gasteiger partial charge in [0.2, 0.25) is 0 Å². The Labute approximate surface area is 144 Å². The van der Waals surface area contributed by atoms with Crippen LogP contribution in [0.4, 0.5) is 9.93 Å². The summed E-state index contributed by atoms with van der Waals surface area (Å²) in [6.07, 6.45) is 0.919. The normalized spacial score (nSPS) is 13.9. The first-order valence-electron chi connectivity index (χ1n) is 7.63. The van der Waals surface area contributed by atoms with Crippen molar-refractivity contribution in [2.75, 3.05) is 32.7 Å². The average molecular weight is 348 g/mol. The molecule has 0 aliphatic carbocycles. The molecule has 1 aliphatic heterocycles. The maximum Gasteiger partial charge on any atom is 0.323 e. The molecule has 0 unspecified atom stereocenters. The molecule has 3 rings (SSSR count). The molecule has 24 heavy (non-hydrogen) atoms. The molecule has 0 radical (unpaired) electrons. The van der Waals surface area contributed by atoms with Gasteiger partial charge in [-0.25, -0.2) is 9.78 Å².